The number of nitrogens with zero attached hydrogens (tertiary/aromatic N) is 2. The third-order valence-corrected chi connectivity index (χ3v) is 4.55. The van der Waals surface area contributed by atoms with Crippen molar-refractivity contribution < 1.29 is 8.42 Å². The molecule has 19 heavy (non-hydrogen) atoms. The average molecular weight is 270 g/mol. The van der Waals surface area contributed by atoms with Gasteiger partial charge in [-0.3, -0.25) is 4.98 Å². The Morgan fingerprint density at radius 1 is 0.895 bits per heavy atom. The number of hydrogen-bond donors (Lipinski definition) is 0. The van der Waals surface area contributed by atoms with Crippen LogP contribution in [0.25, 0.3) is 10.8 Å². The van der Waals surface area contributed by atoms with Crippen molar-refractivity contribution in [1.82, 2.24) is 9.97 Å². The van der Waals surface area contributed by atoms with Crippen LogP contribution in [0.4, 0.5) is 0 Å². The van der Waals surface area contributed by atoms with Gasteiger partial charge in [0.1, 0.15) is 0 Å². The summed E-state index contributed by atoms with van der Waals surface area (Å²) in [7, 11) is -3.64. The van der Waals surface area contributed by atoms with Crippen LogP contribution in [-0.4, -0.2) is 18.4 Å². The van der Waals surface area contributed by atoms with Crippen LogP contribution in [0.2, 0.25) is 0 Å². The van der Waals surface area contributed by atoms with Crippen LogP contribution in [-0.2, 0) is 9.84 Å². The minimum atomic E-state index is -3.64. The molecule has 0 N–H and O–H groups in total. The topological polar surface area (TPSA) is 59.9 Å². The van der Waals surface area contributed by atoms with Gasteiger partial charge in [0.25, 0.3) is 0 Å². The Labute approximate surface area is 110 Å². The summed E-state index contributed by atoms with van der Waals surface area (Å²) in [5, 5.41) is 1.54. The highest BCUT2D eigenvalue weighted by Crippen LogP contribution is 2.26. The molecule has 0 aliphatic carbocycles. The fourth-order valence-corrected chi connectivity index (χ4v) is 3.32. The van der Waals surface area contributed by atoms with E-state index in [1.165, 1.54) is 18.6 Å². The predicted molar refractivity (Wildman–Crippen MR) is 71.4 cm³/mol. The van der Waals surface area contributed by atoms with Crippen LogP contribution in [0.1, 0.15) is 0 Å². The molecular weight excluding hydrogens is 260 g/mol. The number of hydrogen-bond acceptors (Lipinski definition) is 4. The molecule has 2 aromatic carbocycles. The molecule has 0 saturated carbocycles. The Hall–Kier alpha value is -2.27. The zero-order chi connectivity index (χ0) is 13.3. The van der Waals surface area contributed by atoms with E-state index in [4.69, 9.17) is 0 Å². The van der Waals surface area contributed by atoms with Gasteiger partial charge in [0.2, 0.25) is 9.84 Å². The van der Waals surface area contributed by atoms with Crippen molar-refractivity contribution in [2.45, 2.75) is 9.92 Å². The van der Waals surface area contributed by atoms with Gasteiger partial charge in [0.05, 0.1) is 11.1 Å². The molecule has 3 rings (SSSR count). The first-order valence-electron chi connectivity index (χ1n) is 5.68. The van der Waals surface area contributed by atoms with E-state index in [-0.39, 0.29) is 9.92 Å². The summed E-state index contributed by atoms with van der Waals surface area (Å²) in [5.41, 5.74) is 0. The molecule has 4 nitrogen and oxygen atoms in total. The van der Waals surface area contributed by atoms with Crippen LogP contribution in [0.3, 0.4) is 0 Å². The quantitative estimate of drug-likeness (QED) is 0.717. The van der Waals surface area contributed by atoms with Crippen LogP contribution in [0.5, 0.6) is 0 Å². The van der Waals surface area contributed by atoms with Gasteiger partial charge in [-0.1, -0.05) is 36.4 Å². The van der Waals surface area contributed by atoms with Crippen LogP contribution in [0, 0.1) is 0 Å². The highest BCUT2D eigenvalue weighted by atomic mass is 32.2. The normalized spacial score (nSPS) is 11.6. The molecule has 0 aliphatic rings. The minimum absolute atomic E-state index is 0.0358. The van der Waals surface area contributed by atoms with Gasteiger partial charge in [-0.05, 0) is 11.5 Å². The summed E-state index contributed by atoms with van der Waals surface area (Å²) in [6, 6.07) is 12.6. The summed E-state index contributed by atoms with van der Waals surface area (Å²) in [4.78, 5) is 7.95. The van der Waals surface area contributed by atoms with Crippen molar-refractivity contribution in [2.24, 2.45) is 0 Å². The molecule has 1 heterocycles. The van der Waals surface area contributed by atoms with Crippen molar-refractivity contribution >= 4 is 20.6 Å². The molecule has 0 spiro atoms. The van der Waals surface area contributed by atoms with Crippen molar-refractivity contribution in [3.8, 4) is 0 Å². The zero-order valence-corrected chi connectivity index (χ0v) is 10.7. The van der Waals surface area contributed by atoms with E-state index in [2.05, 4.69) is 9.97 Å². The van der Waals surface area contributed by atoms with Gasteiger partial charge in [0.15, 0.2) is 5.03 Å². The number of rotatable bonds is 2. The van der Waals surface area contributed by atoms with E-state index in [1.807, 2.05) is 24.3 Å². The summed E-state index contributed by atoms with van der Waals surface area (Å²) in [6.45, 7) is 0. The van der Waals surface area contributed by atoms with Gasteiger partial charge < -0.3 is 0 Å². The first-order valence-corrected chi connectivity index (χ1v) is 7.17. The van der Waals surface area contributed by atoms with Crippen LogP contribution >= 0.6 is 0 Å². The van der Waals surface area contributed by atoms with Crippen LogP contribution < -0.4 is 0 Å². The molecule has 94 valence electrons. The molecule has 0 radical (unpaired) electrons. The number of benzene rings is 2. The molecule has 5 heteroatoms. The lowest BCUT2D eigenvalue weighted by molar-refractivity contribution is 0.592. The summed E-state index contributed by atoms with van der Waals surface area (Å²) in [5.74, 6) is 0. The first-order chi connectivity index (χ1) is 9.19. The fraction of sp³-hybridized carbons (Fsp3) is 0. The van der Waals surface area contributed by atoms with Gasteiger partial charge in [-0.2, -0.15) is 0 Å². The molecule has 0 amide bonds. The smallest absolute Gasteiger partial charge is 0.226 e. The monoisotopic (exact) mass is 270 g/mol. The maximum Gasteiger partial charge on any atom is 0.226 e. The molecule has 0 bridgehead atoms. The second-order valence-electron chi connectivity index (χ2n) is 4.02. The van der Waals surface area contributed by atoms with E-state index in [0.29, 0.717) is 5.39 Å². The lowest BCUT2D eigenvalue weighted by atomic mass is 10.1. The van der Waals surface area contributed by atoms with Gasteiger partial charge in [-0.25, -0.2) is 13.4 Å². The summed E-state index contributed by atoms with van der Waals surface area (Å²) in [6.07, 6.45) is 4.08. The Kier molecular flexibility index (Phi) is 2.76. The third kappa shape index (κ3) is 1.98. The fourth-order valence-electron chi connectivity index (χ4n) is 1.97. The Morgan fingerprint density at radius 2 is 1.68 bits per heavy atom. The molecule has 3 aromatic rings. The van der Waals surface area contributed by atoms with E-state index in [0.717, 1.165) is 5.39 Å². The molecular formula is C14H10N2O2S. The minimum Gasteiger partial charge on any atom is -0.260 e. The summed E-state index contributed by atoms with van der Waals surface area (Å²) < 4.78 is 25.1. The van der Waals surface area contributed by atoms with E-state index in [1.54, 1.807) is 18.2 Å². The Balaban J connectivity index is 2.31. The largest absolute Gasteiger partial charge is 0.260 e. The number of aromatic nitrogens is 2. The SMILES string of the molecule is O=S(=O)(c1cnccn1)c1cccc2ccccc12. The Bertz CT molecular complexity index is 825. The molecule has 0 unspecified atom stereocenters. The van der Waals surface area contributed by atoms with Crippen molar-refractivity contribution in [1.29, 1.82) is 0 Å². The molecule has 0 fully saturated rings. The number of sulfone groups is 1. The lowest BCUT2D eigenvalue weighted by Crippen LogP contribution is -2.05. The van der Waals surface area contributed by atoms with Crippen LogP contribution in [0.15, 0.2) is 71.0 Å². The van der Waals surface area contributed by atoms with Gasteiger partial charge in [0, 0.05) is 17.8 Å². The highest BCUT2D eigenvalue weighted by Gasteiger charge is 2.21. The van der Waals surface area contributed by atoms with E-state index >= 15 is 0 Å². The third-order valence-electron chi connectivity index (χ3n) is 2.85. The highest BCUT2D eigenvalue weighted by molar-refractivity contribution is 7.91. The van der Waals surface area contributed by atoms with Crippen molar-refractivity contribution in [3.63, 3.8) is 0 Å². The number of fused-ring (bicyclic) bond motifs is 1. The van der Waals surface area contributed by atoms with Gasteiger partial charge >= 0.3 is 0 Å². The van der Waals surface area contributed by atoms with Gasteiger partial charge in [-0.15, -0.1) is 0 Å². The molecule has 1 aromatic heterocycles. The van der Waals surface area contributed by atoms with E-state index < -0.39 is 9.84 Å². The molecule has 0 saturated heterocycles. The first kappa shape index (κ1) is 11.8. The zero-order valence-electron chi connectivity index (χ0n) is 9.89. The Morgan fingerprint density at radius 3 is 2.47 bits per heavy atom. The lowest BCUT2D eigenvalue weighted by Gasteiger charge is -2.06. The molecule has 0 aliphatic heterocycles. The predicted octanol–water partition coefficient (Wildman–Crippen LogP) is 2.46. The standard InChI is InChI=1S/C14H10N2O2S/c17-19(18,14-10-15-8-9-16-14)13-7-3-5-11-4-1-2-6-12(11)13/h1-10H. The van der Waals surface area contributed by atoms with Crippen molar-refractivity contribution in [2.75, 3.05) is 0 Å². The average Bonchev–Trinajstić information content (AvgIpc) is 2.47. The second-order valence-corrected chi connectivity index (χ2v) is 5.89. The second kappa shape index (κ2) is 4.44. The van der Waals surface area contributed by atoms with E-state index in [9.17, 15) is 8.42 Å². The van der Waals surface area contributed by atoms with Crippen molar-refractivity contribution in [3.05, 3.63) is 61.1 Å². The summed E-state index contributed by atoms with van der Waals surface area (Å²) >= 11 is 0. The molecule has 0 atom stereocenters. The maximum absolute atomic E-state index is 12.5. The maximum atomic E-state index is 12.5.